The SMILES string of the molecule is CN1C2C=CC3CCC321. The Morgan fingerprint density at radius 2 is 2.44 bits per heavy atom. The molecule has 1 nitrogen and oxygen atoms in total. The first kappa shape index (κ1) is 4.51. The molecule has 0 bridgehead atoms. The standard InChI is InChI=1S/C8H11N/c1-9-7-3-2-6-4-5-8(6,7)9/h2-3,6-7H,4-5H2,1H3. The van der Waals surface area contributed by atoms with E-state index in [9.17, 15) is 0 Å². The molecule has 4 unspecified atom stereocenters. The fraction of sp³-hybridized carbons (Fsp3) is 0.750. The normalized spacial score (nSPS) is 66.6. The molecular formula is C8H11N. The van der Waals surface area contributed by atoms with Crippen LogP contribution in [0.5, 0.6) is 0 Å². The Balaban J connectivity index is 2.07. The second-order valence-corrected chi connectivity index (χ2v) is 3.58. The molecule has 2 fully saturated rings. The molecule has 1 heteroatoms. The monoisotopic (exact) mass is 121 g/mol. The van der Waals surface area contributed by atoms with Gasteiger partial charge in [0.25, 0.3) is 0 Å². The number of hydrogen-bond acceptors (Lipinski definition) is 1. The molecule has 0 amide bonds. The summed E-state index contributed by atoms with van der Waals surface area (Å²) in [5.74, 6) is 0.937. The first-order valence-electron chi connectivity index (χ1n) is 3.77. The third-order valence-corrected chi connectivity index (χ3v) is 3.54. The molecule has 0 radical (unpaired) electrons. The van der Waals surface area contributed by atoms with E-state index in [-0.39, 0.29) is 0 Å². The molecule has 3 rings (SSSR count). The number of nitrogens with zero attached hydrogens (tertiary/aromatic N) is 1. The topological polar surface area (TPSA) is 3.01 Å². The predicted molar refractivity (Wildman–Crippen MR) is 36.1 cm³/mol. The van der Waals surface area contributed by atoms with Crippen LogP contribution in [0.4, 0.5) is 0 Å². The van der Waals surface area contributed by atoms with Gasteiger partial charge in [0, 0.05) is 11.6 Å². The first-order chi connectivity index (χ1) is 4.36. The largest absolute Gasteiger partial charge is 0.290 e. The molecule has 1 heterocycles. The third-order valence-electron chi connectivity index (χ3n) is 3.54. The van der Waals surface area contributed by atoms with Crippen LogP contribution in [0.1, 0.15) is 12.8 Å². The van der Waals surface area contributed by atoms with Crippen molar-refractivity contribution >= 4 is 0 Å². The first-order valence-corrected chi connectivity index (χ1v) is 3.77. The van der Waals surface area contributed by atoms with Gasteiger partial charge >= 0.3 is 0 Å². The average molecular weight is 121 g/mol. The van der Waals surface area contributed by atoms with Gasteiger partial charge < -0.3 is 0 Å². The van der Waals surface area contributed by atoms with Crippen LogP contribution >= 0.6 is 0 Å². The fourth-order valence-electron chi connectivity index (χ4n) is 2.73. The summed E-state index contributed by atoms with van der Waals surface area (Å²) < 4.78 is 0. The maximum Gasteiger partial charge on any atom is 0.0472 e. The van der Waals surface area contributed by atoms with Gasteiger partial charge in [0.1, 0.15) is 0 Å². The van der Waals surface area contributed by atoms with Crippen molar-refractivity contribution in [2.75, 3.05) is 7.05 Å². The Morgan fingerprint density at radius 3 is 2.78 bits per heavy atom. The Labute approximate surface area is 55.3 Å². The Kier molecular flexibility index (Phi) is 0.495. The molecule has 0 aromatic rings. The Hall–Kier alpha value is -0.300. The fourth-order valence-corrected chi connectivity index (χ4v) is 2.73. The van der Waals surface area contributed by atoms with Crippen LogP contribution in [0.2, 0.25) is 0 Å². The highest BCUT2D eigenvalue weighted by atomic mass is 15.4. The lowest BCUT2D eigenvalue weighted by atomic mass is 9.74. The van der Waals surface area contributed by atoms with E-state index >= 15 is 0 Å². The summed E-state index contributed by atoms with van der Waals surface area (Å²) >= 11 is 0. The van der Waals surface area contributed by atoms with E-state index in [4.69, 9.17) is 0 Å². The summed E-state index contributed by atoms with van der Waals surface area (Å²) in [5.41, 5.74) is 0.681. The van der Waals surface area contributed by atoms with Crippen molar-refractivity contribution < 1.29 is 0 Å². The lowest BCUT2D eigenvalue weighted by Gasteiger charge is -2.33. The molecule has 2 aliphatic carbocycles. The average Bonchev–Trinajstić information content (AvgIpc) is 2.28. The van der Waals surface area contributed by atoms with E-state index in [1.165, 1.54) is 12.8 Å². The summed E-state index contributed by atoms with van der Waals surface area (Å²) in [6, 6.07) is 0.844. The highest BCUT2D eigenvalue weighted by Gasteiger charge is 2.69. The molecule has 1 saturated heterocycles. The zero-order valence-electron chi connectivity index (χ0n) is 5.67. The highest BCUT2D eigenvalue weighted by molar-refractivity contribution is 5.38. The van der Waals surface area contributed by atoms with Crippen LogP contribution < -0.4 is 0 Å². The molecule has 4 atom stereocenters. The highest BCUT2D eigenvalue weighted by Crippen LogP contribution is 2.62. The van der Waals surface area contributed by atoms with E-state index in [1.54, 1.807) is 0 Å². The number of likely N-dealkylation sites (N-methyl/N-ethyl adjacent to an activating group) is 1. The third kappa shape index (κ3) is 0.265. The minimum atomic E-state index is 0.681. The van der Waals surface area contributed by atoms with Gasteiger partial charge in [-0.2, -0.15) is 0 Å². The van der Waals surface area contributed by atoms with Crippen molar-refractivity contribution in [2.45, 2.75) is 24.4 Å². The van der Waals surface area contributed by atoms with E-state index in [1.807, 2.05) is 0 Å². The maximum atomic E-state index is 2.52. The van der Waals surface area contributed by atoms with Gasteiger partial charge in [0.15, 0.2) is 0 Å². The van der Waals surface area contributed by atoms with Crippen LogP contribution in [-0.4, -0.2) is 23.5 Å². The number of hydrogen-bond donors (Lipinski definition) is 0. The molecule has 1 aliphatic heterocycles. The van der Waals surface area contributed by atoms with E-state index in [0.717, 1.165) is 12.0 Å². The molecule has 1 saturated carbocycles. The van der Waals surface area contributed by atoms with Crippen molar-refractivity contribution in [3.05, 3.63) is 12.2 Å². The second kappa shape index (κ2) is 0.988. The van der Waals surface area contributed by atoms with Crippen LogP contribution in [0.25, 0.3) is 0 Å². The lowest BCUT2D eigenvalue weighted by Crippen LogP contribution is -2.36. The second-order valence-electron chi connectivity index (χ2n) is 3.58. The molecule has 9 heavy (non-hydrogen) atoms. The molecular weight excluding hydrogens is 110 g/mol. The van der Waals surface area contributed by atoms with Gasteiger partial charge in [-0.25, -0.2) is 0 Å². The van der Waals surface area contributed by atoms with Crippen molar-refractivity contribution in [2.24, 2.45) is 5.92 Å². The van der Waals surface area contributed by atoms with Crippen LogP contribution in [0.15, 0.2) is 12.2 Å². The van der Waals surface area contributed by atoms with Gasteiger partial charge in [-0.3, -0.25) is 4.90 Å². The summed E-state index contributed by atoms with van der Waals surface area (Å²) in [6.07, 6.45) is 7.69. The van der Waals surface area contributed by atoms with Gasteiger partial charge in [-0.1, -0.05) is 12.2 Å². The van der Waals surface area contributed by atoms with Crippen LogP contribution in [0.3, 0.4) is 0 Å². The predicted octanol–water partition coefficient (Wildman–Crippen LogP) is 1.02. The minimum Gasteiger partial charge on any atom is -0.290 e. The van der Waals surface area contributed by atoms with Gasteiger partial charge in [0.05, 0.1) is 0 Å². The Morgan fingerprint density at radius 1 is 1.56 bits per heavy atom. The van der Waals surface area contributed by atoms with Crippen molar-refractivity contribution in [3.8, 4) is 0 Å². The zero-order valence-corrected chi connectivity index (χ0v) is 5.67. The van der Waals surface area contributed by atoms with E-state index in [0.29, 0.717) is 5.54 Å². The molecule has 0 aromatic carbocycles. The minimum absolute atomic E-state index is 0.681. The van der Waals surface area contributed by atoms with Crippen molar-refractivity contribution in [3.63, 3.8) is 0 Å². The van der Waals surface area contributed by atoms with Gasteiger partial charge in [0.2, 0.25) is 0 Å². The quantitative estimate of drug-likeness (QED) is 0.341. The maximum absolute atomic E-state index is 2.52. The summed E-state index contributed by atoms with van der Waals surface area (Å²) in [4.78, 5) is 2.52. The van der Waals surface area contributed by atoms with Crippen molar-refractivity contribution in [1.29, 1.82) is 0 Å². The molecule has 48 valence electrons. The summed E-state index contributed by atoms with van der Waals surface area (Å²) in [5, 5.41) is 0. The van der Waals surface area contributed by atoms with Crippen LogP contribution in [0, 0.1) is 5.92 Å². The van der Waals surface area contributed by atoms with Crippen molar-refractivity contribution in [1.82, 2.24) is 4.90 Å². The van der Waals surface area contributed by atoms with E-state index < -0.39 is 0 Å². The van der Waals surface area contributed by atoms with E-state index in [2.05, 4.69) is 24.1 Å². The summed E-state index contributed by atoms with van der Waals surface area (Å²) in [7, 11) is 2.25. The lowest BCUT2D eigenvalue weighted by molar-refractivity contribution is 0.224. The Bertz CT molecular complexity index is 193. The smallest absolute Gasteiger partial charge is 0.0472 e. The van der Waals surface area contributed by atoms with Crippen LogP contribution in [-0.2, 0) is 0 Å². The molecule has 1 spiro atoms. The molecule has 0 aromatic heterocycles. The van der Waals surface area contributed by atoms with Gasteiger partial charge in [-0.15, -0.1) is 0 Å². The number of rotatable bonds is 0. The summed E-state index contributed by atoms with van der Waals surface area (Å²) in [6.45, 7) is 0. The molecule has 3 aliphatic rings. The van der Waals surface area contributed by atoms with Gasteiger partial charge in [-0.05, 0) is 25.8 Å². The molecule has 0 N–H and O–H groups in total. The zero-order chi connectivity index (χ0) is 6.06.